The summed E-state index contributed by atoms with van der Waals surface area (Å²) in [6.07, 6.45) is 0.805. The summed E-state index contributed by atoms with van der Waals surface area (Å²) in [7, 11) is -2.13. The number of nitrogens with one attached hydrogen (secondary N) is 1. The molecule has 164 valence electrons. The molecule has 0 unspecified atom stereocenters. The lowest BCUT2D eigenvalue weighted by atomic mass is 9.97. The van der Waals surface area contributed by atoms with Crippen molar-refractivity contribution in [1.82, 2.24) is 9.29 Å². The van der Waals surface area contributed by atoms with E-state index in [-0.39, 0.29) is 29.8 Å². The first kappa shape index (κ1) is 21.7. The molecule has 2 heterocycles. The molecular formula is C21H22FN3O4S2. The summed E-state index contributed by atoms with van der Waals surface area (Å²) in [6.45, 7) is 2.43. The summed E-state index contributed by atoms with van der Waals surface area (Å²) in [5.74, 6) is -0.321. The van der Waals surface area contributed by atoms with Gasteiger partial charge in [-0.3, -0.25) is 4.79 Å². The molecule has 2 aromatic carbocycles. The van der Waals surface area contributed by atoms with E-state index in [1.807, 2.05) is 19.1 Å². The Labute approximate surface area is 183 Å². The van der Waals surface area contributed by atoms with Crippen molar-refractivity contribution in [3.05, 3.63) is 47.8 Å². The predicted octanol–water partition coefficient (Wildman–Crippen LogP) is 3.79. The highest BCUT2D eigenvalue weighted by atomic mass is 32.2. The van der Waals surface area contributed by atoms with Crippen LogP contribution in [0, 0.1) is 18.7 Å². The topological polar surface area (TPSA) is 88.6 Å². The molecule has 0 atom stereocenters. The number of aryl methyl sites for hydroxylation is 1. The molecule has 1 aliphatic heterocycles. The number of nitrogens with zero attached hydrogens (tertiary/aromatic N) is 2. The smallest absolute Gasteiger partial charge is 0.243 e. The van der Waals surface area contributed by atoms with E-state index in [0.717, 1.165) is 22.4 Å². The molecule has 1 N–H and O–H groups in total. The van der Waals surface area contributed by atoms with Crippen LogP contribution in [0.1, 0.15) is 18.4 Å². The fourth-order valence-corrected chi connectivity index (χ4v) is 6.07. The van der Waals surface area contributed by atoms with Crippen LogP contribution in [-0.2, 0) is 14.8 Å². The van der Waals surface area contributed by atoms with E-state index < -0.39 is 15.8 Å². The number of hydrogen-bond acceptors (Lipinski definition) is 6. The van der Waals surface area contributed by atoms with Gasteiger partial charge in [-0.2, -0.15) is 4.31 Å². The minimum atomic E-state index is -3.71. The summed E-state index contributed by atoms with van der Waals surface area (Å²) < 4.78 is 46.2. The van der Waals surface area contributed by atoms with Crippen molar-refractivity contribution in [3.63, 3.8) is 0 Å². The second-order valence-electron chi connectivity index (χ2n) is 7.40. The Morgan fingerprint density at radius 3 is 2.52 bits per heavy atom. The number of piperidine rings is 1. The van der Waals surface area contributed by atoms with Crippen LogP contribution in [0.4, 0.5) is 9.52 Å². The summed E-state index contributed by atoms with van der Waals surface area (Å²) in [4.78, 5) is 17.3. The van der Waals surface area contributed by atoms with E-state index in [4.69, 9.17) is 4.74 Å². The zero-order valence-electron chi connectivity index (χ0n) is 17.1. The SMILES string of the molecule is COc1ccc(C)c2sc(NC(=O)C3CCN(S(=O)(=O)c4ccc(F)cc4)CC3)nc12. The molecule has 1 fully saturated rings. The minimum absolute atomic E-state index is 0.0515. The first-order valence-electron chi connectivity index (χ1n) is 9.80. The highest BCUT2D eigenvalue weighted by Crippen LogP contribution is 2.35. The summed E-state index contributed by atoms with van der Waals surface area (Å²) in [5.41, 5.74) is 1.76. The number of anilines is 1. The van der Waals surface area contributed by atoms with Crippen LogP contribution in [0.15, 0.2) is 41.3 Å². The maximum absolute atomic E-state index is 13.1. The van der Waals surface area contributed by atoms with E-state index in [9.17, 15) is 17.6 Å². The monoisotopic (exact) mass is 463 g/mol. The van der Waals surface area contributed by atoms with E-state index in [0.29, 0.717) is 29.2 Å². The van der Waals surface area contributed by atoms with Gasteiger partial charge in [0.2, 0.25) is 15.9 Å². The zero-order chi connectivity index (χ0) is 22.2. The van der Waals surface area contributed by atoms with Gasteiger partial charge < -0.3 is 10.1 Å². The average molecular weight is 464 g/mol. The van der Waals surface area contributed by atoms with Gasteiger partial charge in [0.05, 0.1) is 16.7 Å². The van der Waals surface area contributed by atoms with Gasteiger partial charge in [-0.15, -0.1) is 0 Å². The fourth-order valence-electron chi connectivity index (χ4n) is 3.65. The lowest BCUT2D eigenvalue weighted by Gasteiger charge is -2.30. The van der Waals surface area contributed by atoms with Crippen LogP contribution in [0.25, 0.3) is 10.2 Å². The van der Waals surface area contributed by atoms with Crippen molar-refractivity contribution in [1.29, 1.82) is 0 Å². The number of fused-ring (bicyclic) bond motifs is 1. The molecule has 1 amide bonds. The summed E-state index contributed by atoms with van der Waals surface area (Å²) in [5, 5.41) is 3.37. The van der Waals surface area contributed by atoms with Crippen LogP contribution in [0.5, 0.6) is 5.75 Å². The maximum atomic E-state index is 13.1. The van der Waals surface area contributed by atoms with Crippen molar-refractivity contribution in [2.75, 3.05) is 25.5 Å². The van der Waals surface area contributed by atoms with Crippen LogP contribution < -0.4 is 10.1 Å². The molecule has 1 aromatic heterocycles. The Kier molecular flexibility index (Phi) is 5.96. The molecule has 1 saturated heterocycles. The number of carbonyl (C=O) groups is 1. The van der Waals surface area contributed by atoms with Crippen molar-refractivity contribution in [3.8, 4) is 5.75 Å². The molecule has 0 bridgehead atoms. The van der Waals surface area contributed by atoms with Gasteiger partial charge >= 0.3 is 0 Å². The Morgan fingerprint density at radius 1 is 1.19 bits per heavy atom. The van der Waals surface area contributed by atoms with Gasteiger partial charge in [0.25, 0.3) is 0 Å². The van der Waals surface area contributed by atoms with Crippen LogP contribution in [0.2, 0.25) is 0 Å². The second kappa shape index (κ2) is 8.52. The molecule has 4 rings (SSSR count). The molecule has 0 aliphatic carbocycles. The predicted molar refractivity (Wildman–Crippen MR) is 117 cm³/mol. The standard InChI is InChI=1S/C21H22FN3O4S2/c1-13-3-8-17(29-2)18-19(13)30-21(23-18)24-20(26)14-9-11-25(12-10-14)31(27,28)16-6-4-15(22)5-7-16/h3-8,14H,9-12H2,1-2H3,(H,23,24,26). The lowest BCUT2D eigenvalue weighted by Crippen LogP contribution is -2.41. The molecule has 3 aromatic rings. The fraction of sp³-hybridized carbons (Fsp3) is 0.333. The van der Waals surface area contributed by atoms with Crippen LogP contribution in [-0.4, -0.2) is 43.8 Å². The van der Waals surface area contributed by atoms with E-state index in [1.165, 1.54) is 27.8 Å². The molecule has 31 heavy (non-hydrogen) atoms. The third kappa shape index (κ3) is 4.28. The van der Waals surface area contributed by atoms with Crippen molar-refractivity contribution in [2.24, 2.45) is 5.92 Å². The molecule has 1 aliphatic rings. The normalized spacial score (nSPS) is 15.8. The number of amides is 1. The first-order valence-corrected chi connectivity index (χ1v) is 12.1. The summed E-state index contributed by atoms with van der Waals surface area (Å²) in [6, 6.07) is 8.56. The highest BCUT2D eigenvalue weighted by molar-refractivity contribution is 7.89. The number of ether oxygens (including phenoxy) is 1. The minimum Gasteiger partial charge on any atom is -0.494 e. The Hall–Kier alpha value is -2.56. The molecule has 7 nitrogen and oxygen atoms in total. The van der Waals surface area contributed by atoms with Gasteiger partial charge in [-0.1, -0.05) is 17.4 Å². The van der Waals surface area contributed by atoms with E-state index in [1.54, 1.807) is 7.11 Å². The largest absolute Gasteiger partial charge is 0.494 e. The van der Waals surface area contributed by atoms with Crippen molar-refractivity contribution >= 4 is 42.6 Å². The van der Waals surface area contributed by atoms with Gasteiger partial charge in [0.1, 0.15) is 17.1 Å². The van der Waals surface area contributed by atoms with Crippen LogP contribution in [0.3, 0.4) is 0 Å². The number of rotatable bonds is 5. The van der Waals surface area contributed by atoms with Gasteiger partial charge in [-0.05, 0) is 55.7 Å². The highest BCUT2D eigenvalue weighted by Gasteiger charge is 2.32. The van der Waals surface area contributed by atoms with Crippen molar-refractivity contribution in [2.45, 2.75) is 24.7 Å². The third-order valence-corrected chi connectivity index (χ3v) is 8.45. The number of hydrogen-bond donors (Lipinski definition) is 1. The number of benzene rings is 2. The number of aromatic nitrogens is 1. The number of halogens is 1. The molecule has 0 saturated carbocycles. The van der Waals surface area contributed by atoms with E-state index in [2.05, 4.69) is 10.3 Å². The van der Waals surface area contributed by atoms with Crippen molar-refractivity contribution < 1.29 is 22.3 Å². The Balaban J connectivity index is 1.42. The first-order chi connectivity index (χ1) is 14.8. The third-order valence-electron chi connectivity index (χ3n) is 5.43. The quantitative estimate of drug-likeness (QED) is 0.622. The number of carbonyl (C=O) groups excluding carboxylic acids is 1. The number of methoxy groups -OCH3 is 1. The van der Waals surface area contributed by atoms with E-state index >= 15 is 0 Å². The number of thiazole rings is 1. The van der Waals surface area contributed by atoms with Gasteiger partial charge in [0, 0.05) is 19.0 Å². The lowest BCUT2D eigenvalue weighted by molar-refractivity contribution is -0.120. The average Bonchev–Trinajstić information content (AvgIpc) is 3.19. The van der Waals surface area contributed by atoms with Gasteiger partial charge in [-0.25, -0.2) is 17.8 Å². The second-order valence-corrected chi connectivity index (χ2v) is 10.3. The molecule has 0 spiro atoms. The zero-order valence-corrected chi connectivity index (χ0v) is 18.7. The molecular weight excluding hydrogens is 441 g/mol. The molecule has 10 heteroatoms. The Bertz CT molecular complexity index is 1220. The molecule has 0 radical (unpaired) electrons. The maximum Gasteiger partial charge on any atom is 0.243 e. The Morgan fingerprint density at radius 2 is 1.87 bits per heavy atom. The summed E-state index contributed by atoms with van der Waals surface area (Å²) >= 11 is 1.39. The van der Waals surface area contributed by atoms with Crippen LogP contribution >= 0.6 is 11.3 Å². The van der Waals surface area contributed by atoms with Gasteiger partial charge in [0.15, 0.2) is 5.13 Å². The number of sulfonamides is 1.